The summed E-state index contributed by atoms with van der Waals surface area (Å²) in [6.45, 7) is 6.69. The lowest BCUT2D eigenvalue weighted by molar-refractivity contribution is -0.384. The Balaban J connectivity index is 2.14. The number of nitro groups is 1. The molecule has 0 atom stereocenters. The van der Waals surface area contributed by atoms with Crippen molar-refractivity contribution in [1.29, 1.82) is 0 Å². The molecule has 0 aliphatic carbocycles. The first kappa shape index (κ1) is 23.4. The van der Waals surface area contributed by atoms with Gasteiger partial charge >= 0.3 is 0 Å². The van der Waals surface area contributed by atoms with E-state index in [9.17, 15) is 14.9 Å². The summed E-state index contributed by atoms with van der Waals surface area (Å²) in [6.07, 6.45) is 0. The Morgan fingerprint density at radius 2 is 1.50 bits per heavy atom. The minimum Gasteiger partial charge on any atom is -0.403 e. The summed E-state index contributed by atoms with van der Waals surface area (Å²) in [5.74, 6) is -0.380. The van der Waals surface area contributed by atoms with Crippen molar-refractivity contribution in [3.05, 3.63) is 100 Å². The van der Waals surface area contributed by atoms with E-state index in [1.807, 2.05) is 36.4 Å². The topological polar surface area (TPSA) is 81.5 Å². The Bertz CT molecular complexity index is 1060. The van der Waals surface area contributed by atoms with Gasteiger partial charge in [-0.25, -0.2) is 0 Å². The highest BCUT2D eigenvalue weighted by Crippen LogP contribution is 2.37. The van der Waals surface area contributed by atoms with Crippen molar-refractivity contribution in [1.82, 2.24) is 5.32 Å². The molecular weight excluding hydrogens is 420 g/mol. The van der Waals surface area contributed by atoms with E-state index in [2.05, 4.69) is 50.4 Å². The van der Waals surface area contributed by atoms with Crippen LogP contribution in [0.4, 0.5) is 5.69 Å². The first-order valence-electron chi connectivity index (χ1n) is 10.4. The van der Waals surface area contributed by atoms with Gasteiger partial charge in [0.2, 0.25) is 0 Å². The highest BCUT2D eigenvalue weighted by molar-refractivity contribution is 6.99. The van der Waals surface area contributed by atoms with Gasteiger partial charge in [0.25, 0.3) is 19.9 Å². The predicted octanol–water partition coefficient (Wildman–Crippen LogP) is 4.03. The molecule has 1 N–H and O–H groups in total. The zero-order chi connectivity index (χ0) is 23.4. The number of amides is 1. The van der Waals surface area contributed by atoms with Crippen molar-refractivity contribution in [2.45, 2.75) is 32.4 Å². The van der Waals surface area contributed by atoms with Crippen LogP contribution in [0.15, 0.2) is 78.9 Å². The molecule has 0 aliphatic heterocycles. The van der Waals surface area contributed by atoms with Crippen LogP contribution in [0.1, 0.15) is 36.7 Å². The number of nitro benzene ring substituents is 1. The molecule has 6 nitrogen and oxygen atoms in total. The van der Waals surface area contributed by atoms with Gasteiger partial charge in [-0.05, 0) is 27.0 Å². The normalized spacial score (nSPS) is 11.8. The summed E-state index contributed by atoms with van der Waals surface area (Å²) >= 11 is 0. The molecule has 0 saturated carbocycles. The minimum atomic E-state index is -2.80. The Hall–Kier alpha value is -3.29. The molecule has 0 spiro atoms. The first-order valence-corrected chi connectivity index (χ1v) is 12.4. The van der Waals surface area contributed by atoms with Crippen LogP contribution < -0.4 is 15.7 Å². The number of benzene rings is 3. The molecule has 0 aromatic heterocycles. The number of hydrogen-bond donors (Lipinski definition) is 1. The summed E-state index contributed by atoms with van der Waals surface area (Å²) in [4.78, 5) is 23.2. The number of non-ortho nitro benzene ring substituents is 1. The molecule has 0 heterocycles. The second-order valence-corrected chi connectivity index (χ2v) is 12.9. The maximum Gasteiger partial charge on any atom is 0.270 e. The predicted molar refractivity (Wildman–Crippen MR) is 129 cm³/mol. The van der Waals surface area contributed by atoms with Gasteiger partial charge in [-0.1, -0.05) is 81.4 Å². The molecule has 3 aromatic carbocycles. The summed E-state index contributed by atoms with van der Waals surface area (Å²) in [7, 11) is -1.29. The molecule has 0 fully saturated rings. The van der Waals surface area contributed by atoms with Gasteiger partial charge < -0.3 is 9.74 Å². The van der Waals surface area contributed by atoms with Crippen LogP contribution in [0.5, 0.6) is 0 Å². The molecule has 0 saturated heterocycles. The fraction of sp³-hybridized carbons (Fsp3) is 0.240. The van der Waals surface area contributed by atoms with E-state index in [1.165, 1.54) is 19.2 Å². The van der Waals surface area contributed by atoms with Crippen molar-refractivity contribution >= 4 is 30.3 Å². The maximum absolute atomic E-state index is 12.5. The SMILES string of the molecule is CNC(=O)c1cc([N+](=O)[O-])ccc1CO[Si](c1ccccc1)(c1ccccc1)C(C)(C)C. The average Bonchev–Trinajstić information content (AvgIpc) is 2.79. The van der Waals surface area contributed by atoms with Gasteiger partial charge in [-0.3, -0.25) is 14.9 Å². The Labute approximate surface area is 189 Å². The lowest BCUT2D eigenvalue weighted by Gasteiger charge is -2.43. The Morgan fingerprint density at radius 3 is 1.94 bits per heavy atom. The molecule has 32 heavy (non-hydrogen) atoms. The van der Waals surface area contributed by atoms with Crippen LogP contribution in [0.3, 0.4) is 0 Å². The van der Waals surface area contributed by atoms with E-state index in [-0.39, 0.29) is 28.8 Å². The molecule has 0 unspecified atom stereocenters. The summed E-state index contributed by atoms with van der Waals surface area (Å²) in [5, 5.41) is 15.9. The van der Waals surface area contributed by atoms with Gasteiger partial charge in [0, 0.05) is 19.2 Å². The Kier molecular flexibility index (Phi) is 6.91. The smallest absolute Gasteiger partial charge is 0.270 e. The van der Waals surface area contributed by atoms with E-state index >= 15 is 0 Å². The second kappa shape index (κ2) is 9.46. The molecule has 7 heteroatoms. The third-order valence-electron chi connectivity index (χ3n) is 5.64. The molecule has 166 valence electrons. The van der Waals surface area contributed by atoms with Crippen LogP contribution in [-0.2, 0) is 11.0 Å². The van der Waals surface area contributed by atoms with Crippen LogP contribution >= 0.6 is 0 Å². The third-order valence-corrected chi connectivity index (χ3v) is 10.6. The molecule has 0 bridgehead atoms. The number of carbonyl (C=O) groups is 1. The molecule has 3 rings (SSSR count). The zero-order valence-corrected chi connectivity index (χ0v) is 19.8. The molecule has 3 aromatic rings. The van der Waals surface area contributed by atoms with Gasteiger partial charge in [0.1, 0.15) is 0 Å². The molecule has 1 amide bonds. The molecule has 0 radical (unpaired) electrons. The summed E-state index contributed by atoms with van der Waals surface area (Å²) < 4.78 is 6.88. The van der Waals surface area contributed by atoms with Crippen molar-refractivity contribution < 1.29 is 14.1 Å². The van der Waals surface area contributed by atoms with E-state index in [1.54, 1.807) is 6.07 Å². The Morgan fingerprint density at radius 1 is 0.969 bits per heavy atom. The largest absolute Gasteiger partial charge is 0.403 e. The minimum absolute atomic E-state index is 0.127. The quantitative estimate of drug-likeness (QED) is 0.336. The fourth-order valence-corrected chi connectivity index (χ4v) is 8.62. The summed E-state index contributed by atoms with van der Waals surface area (Å²) in [6, 6.07) is 24.7. The standard InChI is InChI=1S/C25H28N2O4Si/c1-25(2,3)32(21-11-7-5-8-12-21,22-13-9-6-10-14-22)31-18-19-15-16-20(27(29)30)17-23(19)24(28)26-4/h5-17H,18H2,1-4H3,(H,26,28). The first-order chi connectivity index (χ1) is 15.2. The van der Waals surface area contributed by atoms with Gasteiger partial charge in [-0.15, -0.1) is 0 Å². The van der Waals surface area contributed by atoms with E-state index < -0.39 is 13.2 Å². The number of carbonyl (C=O) groups excluding carboxylic acids is 1. The number of nitrogens with zero attached hydrogens (tertiary/aromatic N) is 1. The van der Waals surface area contributed by atoms with Crippen molar-refractivity contribution in [3.63, 3.8) is 0 Å². The van der Waals surface area contributed by atoms with Crippen molar-refractivity contribution in [2.75, 3.05) is 7.05 Å². The van der Waals surface area contributed by atoms with Crippen molar-refractivity contribution in [3.8, 4) is 0 Å². The van der Waals surface area contributed by atoms with Crippen LogP contribution in [0.25, 0.3) is 0 Å². The summed E-state index contributed by atoms with van der Waals surface area (Å²) in [5.41, 5.74) is 0.736. The highest BCUT2D eigenvalue weighted by Gasteiger charge is 2.50. The van der Waals surface area contributed by atoms with Crippen LogP contribution in [-0.4, -0.2) is 26.2 Å². The number of nitrogens with one attached hydrogen (secondary N) is 1. The van der Waals surface area contributed by atoms with Gasteiger partial charge in [0.15, 0.2) is 0 Å². The molecule has 0 aliphatic rings. The third kappa shape index (κ3) is 4.49. The van der Waals surface area contributed by atoms with E-state index in [0.29, 0.717) is 5.56 Å². The van der Waals surface area contributed by atoms with E-state index in [4.69, 9.17) is 4.43 Å². The lowest BCUT2D eigenvalue weighted by Crippen LogP contribution is -2.66. The fourth-order valence-electron chi connectivity index (χ4n) is 4.10. The zero-order valence-electron chi connectivity index (χ0n) is 18.8. The van der Waals surface area contributed by atoms with E-state index in [0.717, 1.165) is 10.4 Å². The lowest BCUT2D eigenvalue weighted by atomic mass is 10.1. The van der Waals surface area contributed by atoms with Crippen molar-refractivity contribution in [2.24, 2.45) is 0 Å². The van der Waals surface area contributed by atoms with Gasteiger partial charge in [-0.2, -0.15) is 0 Å². The second-order valence-electron chi connectivity index (χ2n) is 8.63. The van der Waals surface area contributed by atoms with Crippen LogP contribution in [0.2, 0.25) is 5.04 Å². The highest BCUT2D eigenvalue weighted by atomic mass is 28.4. The monoisotopic (exact) mass is 448 g/mol. The number of hydrogen-bond acceptors (Lipinski definition) is 4. The number of rotatable bonds is 7. The van der Waals surface area contributed by atoms with Gasteiger partial charge in [0.05, 0.1) is 17.1 Å². The molecular formula is C25H28N2O4Si. The van der Waals surface area contributed by atoms with Crippen LogP contribution in [0, 0.1) is 10.1 Å². The average molecular weight is 449 g/mol. The maximum atomic E-state index is 12.5.